The Hall–Kier alpha value is -1.34. The highest BCUT2D eigenvalue weighted by atomic mass is 16.5. The third-order valence-electron chi connectivity index (χ3n) is 3.61. The van der Waals surface area contributed by atoms with Gasteiger partial charge < -0.3 is 4.74 Å². The van der Waals surface area contributed by atoms with Gasteiger partial charge in [-0.2, -0.15) is 0 Å². The average molecular weight is 256 g/mol. The van der Waals surface area contributed by atoms with E-state index in [9.17, 15) is 0 Å². The Morgan fingerprint density at radius 1 is 1.21 bits per heavy atom. The highest BCUT2D eigenvalue weighted by Crippen LogP contribution is 2.20. The zero-order chi connectivity index (χ0) is 13.3. The van der Waals surface area contributed by atoms with E-state index >= 15 is 0 Å². The third-order valence-corrected chi connectivity index (χ3v) is 3.61. The highest BCUT2D eigenvalue weighted by Gasteiger charge is 2.17. The van der Waals surface area contributed by atoms with E-state index in [0.717, 1.165) is 32.1 Å². The van der Waals surface area contributed by atoms with E-state index in [-0.39, 0.29) is 0 Å². The van der Waals surface area contributed by atoms with Crippen LogP contribution in [0, 0.1) is 0 Å². The first-order chi connectivity index (χ1) is 9.38. The molecular weight excluding hydrogens is 232 g/mol. The topological polar surface area (TPSA) is 9.23 Å². The number of benzene rings is 1. The van der Waals surface area contributed by atoms with Gasteiger partial charge in [0, 0.05) is 0 Å². The minimum atomic E-state index is 0.314. The summed E-state index contributed by atoms with van der Waals surface area (Å²) >= 11 is 0. The second kappa shape index (κ2) is 7.96. The minimum Gasteiger partial charge on any atom is -0.371 e. The molecule has 0 aliphatic carbocycles. The van der Waals surface area contributed by atoms with Crippen molar-refractivity contribution in [3.63, 3.8) is 0 Å². The minimum absolute atomic E-state index is 0.314. The summed E-state index contributed by atoms with van der Waals surface area (Å²) in [6.45, 7) is 3.76. The Labute approximate surface area is 117 Å². The van der Waals surface area contributed by atoms with Crippen molar-refractivity contribution in [1.82, 2.24) is 0 Å². The van der Waals surface area contributed by atoms with Crippen LogP contribution in [0.1, 0.15) is 37.7 Å². The van der Waals surface area contributed by atoms with Crippen molar-refractivity contribution >= 4 is 0 Å². The second-order valence-electron chi connectivity index (χ2n) is 5.20. The summed E-state index contributed by atoms with van der Waals surface area (Å²) in [5.74, 6) is 0. The summed E-state index contributed by atoms with van der Waals surface area (Å²) in [5, 5.41) is 0. The predicted molar refractivity (Wildman–Crippen MR) is 81.2 cm³/mol. The molecule has 0 saturated carbocycles. The Bertz CT molecular complexity index is 393. The molecule has 19 heavy (non-hydrogen) atoms. The number of unbranched alkanes of at least 4 members (excludes halogenated alkanes) is 1. The predicted octanol–water partition coefficient (Wildman–Crippen LogP) is 4.69. The monoisotopic (exact) mass is 256 g/mol. The number of rotatable bonds is 7. The summed E-state index contributed by atoms with van der Waals surface area (Å²) in [6.07, 6.45) is 13.9. The first kappa shape index (κ1) is 14.1. The van der Waals surface area contributed by atoms with Crippen LogP contribution in [0.2, 0.25) is 0 Å². The van der Waals surface area contributed by atoms with Gasteiger partial charge in [-0.15, -0.1) is 6.58 Å². The van der Waals surface area contributed by atoms with Crippen LogP contribution in [0.5, 0.6) is 0 Å². The van der Waals surface area contributed by atoms with E-state index < -0.39 is 0 Å². The zero-order valence-corrected chi connectivity index (χ0v) is 11.6. The molecule has 1 aliphatic heterocycles. The molecule has 1 aromatic carbocycles. The lowest BCUT2D eigenvalue weighted by Gasteiger charge is -2.26. The Kier molecular flexibility index (Phi) is 5.90. The van der Waals surface area contributed by atoms with Crippen LogP contribution in [-0.2, 0) is 11.2 Å². The van der Waals surface area contributed by atoms with E-state index in [1.165, 1.54) is 12.0 Å². The van der Waals surface area contributed by atoms with E-state index in [0.29, 0.717) is 12.2 Å². The molecule has 0 bridgehead atoms. The highest BCUT2D eigenvalue weighted by molar-refractivity contribution is 5.14. The lowest BCUT2D eigenvalue weighted by molar-refractivity contribution is -0.00246. The molecule has 1 nitrogen and oxygen atoms in total. The fourth-order valence-electron chi connectivity index (χ4n) is 2.52. The molecule has 0 radical (unpaired) electrons. The maximum absolute atomic E-state index is 6.13. The molecule has 102 valence electrons. The normalized spacial score (nSPS) is 22.3. The van der Waals surface area contributed by atoms with Gasteiger partial charge in [-0.05, 0) is 44.1 Å². The molecule has 1 heterocycles. The third kappa shape index (κ3) is 5.04. The maximum Gasteiger partial charge on any atom is 0.0759 e. The van der Waals surface area contributed by atoms with E-state index in [4.69, 9.17) is 4.74 Å². The zero-order valence-electron chi connectivity index (χ0n) is 11.6. The summed E-state index contributed by atoms with van der Waals surface area (Å²) in [6, 6.07) is 10.7. The van der Waals surface area contributed by atoms with E-state index in [2.05, 4.69) is 49.1 Å². The first-order valence-electron chi connectivity index (χ1n) is 7.35. The molecule has 1 heteroatoms. The van der Waals surface area contributed by atoms with Crippen LogP contribution in [0.4, 0.5) is 0 Å². The van der Waals surface area contributed by atoms with Gasteiger partial charge in [0.25, 0.3) is 0 Å². The van der Waals surface area contributed by atoms with Crippen LogP contribution >= 0.6 is 0 Å². The molecule has 0 aromatic heterocycles. The number of aryl methyl sites for hydroxylation is 1. The molecule has 1 aromatic rings. The van der Waals surface area contributed by atoms with Crippen molar-refractivity contribution in [2.45, 2.75) is 50.7 Å². The van der Waals surface area contributed by atoms with E-state index in [1.807, 2.05) is 6.08 Å². The molecule has 0 saturated heterocycles. The number of hydrogen-bond donors (Lipinski definition) is 0. The van der Waals surface area contributed by atoms with Crippen LogP contribution in [0.25, 0.3) is 0 Å². The number of allylic oxidation sites excluding steroid dienone is 1. The Balaban J connectivity index is 1.73. The van der Waals surface area contributed by atoms with Gasteiger partial charge in [-0.1, -0.05) is 48.6 Å². The van der Waals surface area contributed by atoms with Crippen molar-refractivity contribution < 1.29 is 4.74 Å². The number of hydrogen-bond acceptors (Lipinski definition) is 1. The molecule has 2 rings (SSSR count). The lowest BCUT2D eigenvalue weighted by Crippen LogP contribution is -2.24. The molecule has 0 unspecified atom stereocenters. The molecule has 1 aliphatic rings. The van der Waals surface area contributed by atoms with Gasteiger partial charge in [-0.3, -0.25) is 0 Å². The van der Waals surface area contributed by atoms with Gasteiger partial charge in [0.1, 0.15) is 0 Å². The van der Waals surface area contributed by atoms with Crippen molar-refractivity contribution in [2.75, 3.05) is 0 Å². The van der Waals surface area contributed by atoms with Crippen LogP contribution < -0.4 is 0 Å². The van der Waals surface area contributed by atoms with Crippen molar-refractivity contribution in [3.8, 4) is 0 Å². The fraction of sp³-hybridized carbons (Fsp3) is 0.444. The van der Waals surface area contributed by atoms with Crippen molar-refractivity contribution in [1.29, 1.82) is 0 Å². The van der Waals surface area contributed by atoms with Gasteiger partial charge in [0.15, 0.2) is 0 Å². The molecule has 0 fully saturated rings. The van der Waals surface area contributed by atoms with Crippen molar-refractivity contribution in [3.05, 3.63) is 60.7 Å². The summed E-state index contributed by atoms with van der Waals surface area (Å²) in [5.41, 5.74) is 1.41. The largest absolute Gasteiger partial charge is 0.371 e. The molecule has 0 amide bonds. The van der Waals surface area contributed by atoms with Gasteiger partial charge in [0.2, 0.25) is 0 Å². The summed E-state index contributed by atoms with van der Waals surface area (Å²) < 4.78 is 6.13. The Morgan fingerprint density at radius 2 is 2.05 bits per heavy atom. The average Bonchev–Trinajstić information content (AvgIpc) is 2.47. The van der Waals surface area contributed by atoms with Gasteiger partial charge in [-0.25, -0.2) is 0 Å². The standard InChI is InChI=1S/C18H24O/c1-2-3-5-11-17-12-8-13-18(19-17)15-14-16-9-6-4-7-10-16/h2,4,6-10,12,17-18H,1,3,5,11,13-15H2/t17-,18+/m1/s1. The van der Waals surface area contributed by atoms with Crippen LogP contribution in [0.3, 0.4) is 0 Å². The smallest absolute Gasteiger partial charge is 0.0759 e. The van der Waals surface area contributed by atoms with Crippen LogP contribution in [0.15, 0.2) is 55.1 Å². The SMILES string of the molecule is C=CCCC[C@@H]1C=CC[C@@H](CCc2ccccc2)O1. The summed E-state index contributed by atoms with van der Waals surface area (Å²) in [7, 11) is 0. The fourth-order valence-corrected chi connectivity index (χ4v) is 2.52. The number of ether oxygens (including phenoxy) is 1. The van der Waals surface area contributed by atoms with Crippen LogP contribution in [-0.4, -0.2) is 12.2 Å². The molecular formula is C18H24O. The van der Waals surface area contributed by atoms with Gasteiger partial charge in [0.05, 0.1) is 12.2 Å². The lowest BCUT2D eigenvalue weighted by atomic mass is 10.0. The summed E-state index contributed by atoms with van der Waals surface area (Å²) in [4.78, 5) is 0. The maximum atomic E-state index is 6.13. The van der Waals surface area contributed by atoms with E-state index in [1.54, 1.807) is 0 Å². The molecule has 0 N–H and O–H groups in total. The molecule has 2 atom stereocenters. The first-order valence-corrected chi connectivity index (χ1v) is 7.35. The quantitative estimate of drug-likeness (QED) is 0.508. The van der Waals surface area contributed by atoms with Gasteiger partial charge >= 0.3 is 0 Å². The van der Waals surface area contributed by atoms with Crippen molar-refractivity contribution in [2.24, 2.45) is 0 Å². The second-order valence-corrected chi connectivity index (χ2v) is 5.20. The Morgan fingerprint density at radius 3 is 2.84 bits per heavy atom. The molecule has 0 spiro atoms.